The fourth-order valence-corrected chi connectivity index (χ4v) is 2.49. The minimum absolute atomic E-state index is 0.365. The predicted octanol–water partition coefficient (Wildman–Crippen LogP) is -14.3. The van der Waals surface area contributed by atoms with Gasteiger partial charge in [0.15, 0.2) is 0 Å². The second-order valence-electron chi connectivity index (χ2n) is 10.4. The van der Waals surface area contributed by atoms with Gasteiger partial charge >= 0.3 is 0 Å². The number of hydrogen-bond acceptors (Lipinski definition) is 25. The van der Waals surface area contributed by atoms with Crippen molar-refractivity contribution in [2.45, 2.75) is 105 Å². The fraction of sp³-hybridized carbons (Fsp3) is 1.00. The zero-order chi connectivity index (χ0) is 41.6. The van der Waals surface area contributed by atoms with Crippen LogP contribution >= 0.6 is 0 Å². The second-order valence-corrected chi connectivity index (χ2v) is 10.4. The molecular formula is C26H62O25. The molecule has 0 heterocycles. The van der Waals surface area contributed by atoms with E-state index in [9.17, 15) is 0 Å². The van der Waals surface area contributed by atoms with E-state index in [2.05, 4.69) is 0 Å². The molecule has 0 saturated heterocycles. The number of rotatable bonds is 20. The molecule has 0 bridgehead atoms. The van der Waals surface area contributed by atoms with Crippen LogP contribution in [-0.2, 0) is 0 Å². The Kier molecular flexibility index (Phi) is 41.8. The lowest BCUT2D eigenvalue weighted by Crippen LogP contribution is -2.46. The van der Waals surface area contributed by atoms with Crippen molar-refractivity contribution in [2.75, 3.05) is 59.5 Å². The molecular weight excluding hydrogens is 712 g/mol. The highest BCUT2D eigenvalue weighted by Gasteiger charge is 2.30. The summed E-state index contributed by atoms with van der Waals surface area (Å²) in [6.07, 6.45) is -23.5. The first-order valence-corrected chi connectivity index (χ1v) is 14.9. The Morgan fingerprint density at radius 3 is 0.510 bits per heavy atom. The minimum atomic E-state index is -1.67. The van der Waals surface area contributed by atoms with Gasteiger partial charge in [-0.15, -0.1) is 0 Å². The maximum atomic E-state index is 8.96. The van der Waals surface area contributed by atoms with Gasteiger partial charge in [0.05, 0.1) is 65.6 Å². The van der Waals surface area contributed by atoms with Crippen molar-refractivity contribution < 1.29 is 128 Å². The van der Waals surface area contributed by atoms with E-state index in [1.54, 1.807) is 0 Å². The van der Waals surface area contributed by atoms with Crippen LogP contribution in [0.25, 0.3) is 0 Å². The van der Waals surface area contributed by atoms with Crippen molar-refractivity contribution in [3.05, 3.63) is 0 Å². The van der Waals surface area contributed by atoms with E-state index in [-0.39, 0.29) is 13.2 Å². The van der Waals surface area contributed by atoms with Crippen molar-refractivity contribution in [2.24, 2.45) is 0 Å². The first-order valence-electron chi connectivity index (χ1n) is 14.9. The SMILES string of the molecule is C[C@@H](O)[C@@H](O)[C@H](O)[C@H](O)CO.OCC(O)CO.OC[C@@H](O)C(O)[C@@H](O)CO.OC[C@@H](O)[C@@H](O)[C@H](O)[C@@H](O)CO.OC[C@@H](O)[C@@H](O)[C@H](O)[C@H](O)CO. The van der Waals surface area contributed by atoms with Crippen LogP contribution in [0.1, 0.15) is 6.92 Å². The maximum Gasteiger partial charge on any atom is 0.111 e. The first kappa shape index (κ1) is 59.3. The van der Waals surface area contributed by atoms with Gasteiger partial charge in [0.1, 0.15) is 91.6 Å². The van der Waals surface area contributed by atoms with Gasteiger partial charge in [-0.1, -0.05) is 0 Å². The Morgan fingerprint density at radius 1 is 0.235 bits per heavy atom. The number of aliphatic hydroxyl groups excluding tert-OH is 25. The largest absolute Gasteiger partial charge is 0.394 e. The van der Waals surface area contributed by atoms with Gasteiger partial charge in [-0.2, -0.15) is 0 Å². The predicted molar refractivity (Wildman–Crippen MR) is 166 cm³/mol. The van der Waals surface area contributed by atoms with Gasteiger partial charge in [0, 0.05) is 0 Å². The summed E-state index contributed by atoms with van der Waals surface area (Å²) < 4.78 is 0. The van der Waals surface area contributed by atoms with Crippen LogP contribution in [0.15, 0.2) is 0 Å². The molecule has 316 valence electrons. The van der Waals surface area contributed by atoms with Crippen LogP contribution in [0.3, 0.4) is 0 Å². The molecule has 25 heteroatoms. The molecule has 0 aliphatic carbocycles. The van der Waals surface area contributed by atoms with Gasteiger partial charge in [-0.05, 0) is 6.92 Å². The fourth-order valence-electron chi connectivity index (χ4n) is 2.49. The highest BCUT2D eigenvalue weighted by Crippen LogP contribution is 2.06. The smallest absolute Gasteiger partial charge is 0.111 e. The summed E-state index contributed by atoms with van der Waals surface area (Å²) in [4.78, 5) is 0. The summed E-state index contributed by atoms with van der Waals surface area (Å²) >= 11 is 0. The van der Waals surface area contributed by atoms with Gasteiger partial charge in [-0.3, -0.25) is 0 Å². The second kappa shape index (κ2) is 36.0. The van der Waals surface area contributed by atoms with Crippen molar-refractivity contribution in [3.63, 3.8) is 0 Å². The highest BCUT2D eigenvalue weighted by molar-refractivity contribution is 4.81. The summed E-state index contributed by atoms with van der Waals surface area (Å²) in [7, 11) is 0. The van der Waals surface area contributed by atoms with Crippen LogP contribution in [0.4, 0.5) is 0 Å². The highest BCUT2D eigenvalue weighted by atomic mass is 16.4. The van der Waals surface area contributed by atoms with Crippen LogP contribution in [0.2, 0.25) is 0 Å². The Bertz CT molecular complexity index is 644. The van der Waals surface area contributed by atoms with E-state index in [1.165, 1.54) is 6.92 Å². The molecule has 0 amide bonds. The first-order chi connectivity index (χ1) is 23.5. The Hall–Kier alpha value is -1.00. The Labute approximate surface area is 292 Å². The molecule has 15 atom stereocenters. The number of hydrogen-bond donors (Lipinski definition) is 25. The molecule has 0 fully saturated rings. The summed E-state index contributed by atoms with van der Waals surface area (Å²) in [5, 5.41) is 215. The van der Waals surface area contributed by atoms with E-state index < -0.39 is 144 Å². The third-order valence-electron chi connectivity index (χ3n) is 6.03. The lowest BCUT2D eigenvalue weighted by atomic mass is 10.0. The summed E-state index contributed by atoms with van der Waals surface area (Å²) in [5.74, 6) is 0. The molecule has 25 N–H and O–H groups in total. The zero-order valence-electron chi connectivity index (χ0n) is 27.8. The van der Waals surface area contributed by atoms with Gasteiger partial charge in [0.25, 0.3) is 0 Å². The van der Waals surface area contributed by atoms with Crippen LogP contribution in [0, 0.1) is 0 Å². The third-order valence-corrected chi connectivity index (χ3v) is 6.03. The Balaban J connectivity index is -0.000000176. The monoisotopic (exact) mass is 774 g/mol. The molecule has 0 saturated carbocycles. The maximum absolute atomic E-state index is 8.96. The van der Waals surface area contributed by atoms with Crippen molar-refractivity contribution in [1.29, 1.82) is 0 Å². The molecule has 51 heavy (non-hydrogen) atoms. The molecule has 0 rings (SSSR count). The standard InChI is InChI=1S/2C6H14O6.C6H14O5.C5H12O5.C3H8O3/c2*7-1-3(9)5(11)6(12)4(10)2-8;1-3(8)5(10)6(11)4(9)2-7;6-1-3(8)5(10)4(9)2-7;4-1-3(6)2-5/h2*3-12H,1-2H2;3-11H,2H2,1H3;3-10H,1-2H2;3-6H,1-2H2/t3-,4+,5-,6-;2*3-,4-,5-,6-;3-,4+,5?;/m111../s1. The molecule has 1 unspecified atom stereocenters. The van der Waals surface area contributed by atoms with Crippen LogP contribution in [0.5, 0.6) is 0 Å². The van der Waals surface area contributed by atoms with E-state index in [0.717, 1.165) is 0 Å². The van der Waals surface area contributed by atoms with E-state index >= 15 is 0 Å². The van der Waals surface area contributed by atoms with E-state index in [0.29, 0.717) is 0 Å². The van der Waals surface area contributed by atoms with Crippen molar-refractivity contribution >= 4 is 0 Å². The van der Waals surface area contributed by atoms with Crippen molar-refractivity contribution in [3.8, 4) is 0 Å². The van der Waals surface area contributed by atoms with Gasteiger partial charge in [0.2, 0.25) is 0 Å². The molecule has 0 aromatic carbocycles. The molecule has 0 aromatic rings. The summed E-state index contributed by atoms with van der Waals surface area (Å²) in [5.41, 5.74) is 0. The average Bonchev–Trinajstić information content (AvgIpc) is 3.16. The quantitative estimate of drug-likeness (QED) is 0.0546. The number of aliphatic hydroxyl groups is 25. The van der Waals surface area contributed by atoms with E-state index in [1.807, 2.05) is 0 Å². The lowest BCUT2D eigenvalue weighted by molar-refractivity contribution is -0.123. The summed E-state index contributed by atoms with van der Waals surface area (Å²) in [6.45, 7) is -4.29. The van der Waals surface area contributed by atoms with Crippen LogP contribution < -0.4 is 0 Å². The zero-order valence-corrected chi connectivity index (χ0v) is 27.8. The molecule has 25 nitrogen and oxygen atoms in total. The topological polar surface area (TPSA) is 506 Å². The van der Waals surface area contributed by atoms with Crippen molar-refractivity contribution in [1.82, 2.24) is 0 Å². The molecule has 0 spiro atoms. The minimum Gasteiger partial charge on any atom is -0.394 e. The average molecular weight is 775 g/mol. The van der Waals surface area contributed by atoms with Crippen LogP contribution in [-0.4, -0.2) is 285 Å². The van der Waals surface area contributed by atoms with Gasteiger partial charge < -0.3 is 128 Å². The Morgan fingerprint density at radius 2 is 0.392 bits per heavy atom. The molecule has 0 aliphatic rings. The molecule has 0 radical (unpaired) electrons. The lowest BCUT2D eigenvalue weighted by Gasteiger charge is -2.24. The third kappa shape index (κ3) is 29.1. The van der Waals surface area contributed by atoms with E-state index in [4.69, 9.17) is 128 Å². The van der Waals surface area contributed by atoms with Gasteiger partial charge in [-0.25, -0.2) is 0 Å². The normalized spacial score (nSPS) is 20.1. The summed E-state index contributed by atoms with van der Waals surface area (Å²) in [6, 6.07) is 0. The molecule has 0 aliphatic heterocycles. The molecule has 0 aromatic heterocycles.